The van der Waals surface area contributed by atoms with Gasteiger partial charge in [0.1, 0.15) is 0 Å². The van der Waals surface area contributed by atoms with E-state index in [1.165, 1.54) is 20.0 Å². The lowest BCUT2D eigenvalue weighted by atomic mass is 9.93. The van der Waals surface area contributed by atoms with Crippen molar-refractivity contribution in [1.29, 1.82) is 0 Å². The summed E-state index contributed by atoms with van der Waals surface area (Å²) in [6.45, 7) is 1.47. The van der Waals surface area contributed by atoms with E-state index in [-0.39, 0.29) is 17.6 Å². The highest BCUT2D eigenvalue weighted by molar-refractivity contribution is 5.38. The van der Waals surface area contributed by atoms with Gasteiger partial charge in [0.15, 0.2) is 11.6 Å². The molecule has 1 aromatic rings. The van der Waals surface area contributed by atoms with Crippen LogP contribution >= 0.6 is 0 Å². The molecule has 1 heterocycles. The van der Waals surface area contributed by atoms with Gasteiger partial charge in [-0.1, -0.05) is 6.42 Å². The normalized spacial score (nSPS) is 19.8. The Labute approximate surface area is 107 Å². The maximum absolute atomic E-state index is 13.8. The molecule has 1 fully saturated rings. The number of methoxy groups -OCH3 is 2. The molecule has 1 saturated heterocycles. The molecule has 1 aliphatic rings. The van der Waals surface area contributed by atoms with Crippen LogP contribution in [-0.4, -0.2) is 20.8 Å². The first-order valence-electron chi connectivity index (χ1n) is 6.35. The van der Waals surface area contributed by atoms with E-state index in [1.54, 1.807) is 19.2 Å². The molecule has 3 nitrogen and oxygen atoms in total. The zero-order valence-electron chi connectivity index (χ0n) is 11.0. The summed E-state index contributed by atoms with van der Waals surface area (Å²) in [5.74, 6) is -0.0265. The third kappa shape index (κ3) is 2.82. The molecule has 0 amide bonds. The van der Waals surface area contributed by atoms with Gasteiger partial charge in [0.2, 0.25) is 0 Å². The summed E-state index contributed by atoms with van der Waals surface area (Å²) in [5.41, 5.74) is 1.99. The average molecular weight is 253 g/mol. The van der Waals surface area contributed by atoms with E-state index in [4.69, 9.17) is 9.47 Å². The van der Waals surface area contributed by atoms with Crippen LogP contribution in [0.2, 0.25) is 0 Å². The van der Waals surface area contributed by atoms with Gasteiger partial charge in [0, 0.05) is 13.2 Å². The molecule has 0 aliphatic carbocycles. The predicted molar refractivity (Wildman–Crippen MR) is 68.3 cm³/mol. The van der Waals surface area contributed by atoms with Gasteiger partial charge < -0.3 is 14.8 Å². The van der Waals surface area contributed by atoms with Crippen molar-refractivity contribution in [2.75, 3.05) is 20.8 Å². The fourth-order valence-electron chi connectivity index (χ4n) is 2.49. The molecule has 4 heteroatoms. The fraction of sp³-hybridized carbons (Fsp3) is 0.571. The third-order valence-electron chi connectivity index (χ3n) is 3.40. The number of ether oxygens (including phenoxy) is 2. The van der Waals surface area contributed by atoms with Crippen molar-refractivity contribution < 1.29 is 13.9 Å². The minimum Gasteiger partial charge on any atom is -0.494 e. The highest BCUT2D eigenvalue weighted by Crippen LogP contribution is 2.31. The van der Waals surface area contributed by atoms with E-state index < -0.39 is 0 Å². The highest BCUT2D eigenvalue weighted by Gasteiger charge is 2.20. The molecule has 1 N–H and O–H groups in total. The van der Waals surface area contributed by atoms with Crippen LogP contribution in [0.25, 0.3) is 0 Å². The summed E-state index contributed by atoms with van der Waals surface area (Å²) in [7, 11) is 3.13. The van der Waals surface area contributed by atoms with Crippen molar-refractivity contribution in [3.8, 4) is 5.75 Å². The Morgan fingerprint density at radius 3 is 2.78 bits per heavy atom. The molecule has 2 rings (SSSR count). The summed E-state index contributed by atoms with van der Waals surface area (Å²) in [6.07, 6.45) is 3.41. The van der Waals surface area contributed by atoms with Crippen LogP contribution in [0.15, 0.2) is 12.1 Å². The van der Waals surface area contributed by atoms with Crippen LogP contribution in [0.4, 0.5) is 4.39 Å². The van der Waals surface area contributed by atoms with Crippen LogP contribution < -0.4 is 10.1 Å². The molecule has 1 unspecified atom stereocenters. The smallest absolute Gasteiger partial charge is 0.165 e. The molecular weight excluding hydrogens is 233 g/mol. The van der Waals surface area contributed by atoms with Crippen molar-refractivity contribution >= 4 is 0 Å². The second-order valence-electron chi connectivity index (χ2n) is 4.62. The maximum Gasteiger partial charge on any atom is 0.165 e. The molecule has 0 saturated carbocycles. The molecule has 0 bridgehead atoms. The van der Waals surface area contributed by atoms with Crippen molar-refractivity contribution in [2.45, 2.75) is 31.9 Å². The van der Waals surface area contributed by atoms with E-state index in [1.807, 2.05) is 0 Å². The average Bonchev–Trinajstić information content (AvgIpc) is 2.41. The van der Waals surface area contributed by atoms with Gasteiger partial charge in [0.25, 0.3) is 0 Å². The minimum absolute atomic E-state index is 0.226. The second kappa shape index (κ2) is 6.16. The Hall–Kier alpha value is -1.13. The quantitative estimate of drug-likeness (QED) is 0.895. The van der Waals surface area contributed by atoms with Crippen molar-refractivity contribution in [3.63, 3.8) is 0 Å². The van der Waals surface area contributed by atoms with Crippen LogP contribution in [-0.2, 0) is 11.3 Å². The van der Waals surface area contributed by atoms with Gasteiger partial charge >= 0.3 is 0 Å². The van der Waals surface area contributed by atoms with Gasteiger partial charge in [-0.2, -0.15) is 0 Å². The van der Waals surface area contributed by atoms with Gasteiger partial charge in [-0.3, -0.25) is 0 Å². The summed E-state index contributed by atoms with van der Waals surface area (Å²) in [5, 5.41) is 3.44. The second-order valence-corrected chi connectivity index (χ2v) is 4.62. The molecule has 0 spiro atoms. The van der Waals surface area contributed by atoms with Gasteiger partial charge in [-0.25, -0.2) is 4.39 Å². The Balaban J connectivity index is 2.33. The van der Waals surface area contributed by atoms with Crippen LogP contribution in [0.5, 0.6) is 5.75 Å². The van der Waals surface area contributed by atoms with E-state index in [0.29, 0.717) is 6.61 Å². The van der Waals surface area contributed by atoms with E-state index in [0.717, 1.165) is 24.1 Å². The standard InChI is InChI=1S/C14H20FNO2/c1-17-9-10-7-14(18-2)12(15)8-11(10)13-5-3-4-6-16-13/h7-8,13,16H,3-6,9H2,1-2H3. The molecule has 100 valence electrons. The number of nitrogens with one attached hydrogen (secondary N) is 1. The molecule has 1 atom stereocenters. The first-order chi connectivity index (χ1) is 8.76. The van der Waals surface area contributed by atoms with Crippen molar-refractivity contribution in [2.24, 2.45) is 0 Å². The van der Waals surface area contributed by atoms with E-state index in [2.05, 4.69) is 5.32 Å². The zero-order valence-corrected chi connectivity index (χ0v) is 11.0. The lowest BCUT2D eigenvalue weighted by Gasteiger charge is -2.26. The monoisotopic (exact) mass is 253 g/mol. The third-order valence-corrected chi connectivity index (χ3v) is 3.40. The Kier molecular flexibility index (Phi) is 4.55. The molecule has 0 radical (unpaired) electrons. The molecule has 1 aliphatic heterocycles. The summed E-state index contributed by atoms with van der Waals surface area (Å²) in [4.78, 5) is 0. The SMILES string of the molecule is COCc1cc(OC)c(F)cc1C1CCCCN1. The lowest BCUT2D eigenvalue weighted by Crippen LogP contribution is -2.27. The number of rotatable bonds is 4. The highest BCUT2D eigenvalue weighted by atomic mass is 19.1. The first kappa shape index (κ1) is 13.3. The van der Waals surface area contributed by atoms with Gasteiger partial charge in [-0.15, -0.1) is 0 Å². The fourth-order valence-corrected chi connectivity index (χ4v) is 2.49. The Bertz CT molecular complexity index is 403. The molecule has 1 aromatic carbocycles. The van der Waals surface area contributed by atoms with Crippen LogP contribution in [0.3, 0.4) is 0 Å². The Morgan fingerprint density at radius 2 is 2.17 bits per heavy atom. The number of piperidine rings is 1. The topological polar surface area (TPSA) is 30.5 Å². The molecule has 18 heavy (non-hydrogen) atoms. The van der Waals surface area contributed by atoms with Crippen molar-refractivity contribution in [1.82, 2.24) is 5.32 Å². The predicted octanol–water partition coefficient (Wildman–Crippen LogP) is 2.80. The molecule has 0 aromatic heterocycles. The lowest BCUT2D eigenvalue weighted by molar-refractivity contribution is 0.182. The Morgan fingerprint density at radius 1 is 1.33 bits per heavy atom. The summed E-state index contributed by atoms with van der Waals surface area (Å²) >= 11 is 0. The van der Waals surface area contributed by atoms with Crippen molar-refractivity contribution in [3.05, 3.63) is 29.1 Å². The maximum atomic E-state index is 13.8. The number of benzene rings is 1. The minimum atomic E-state index is -0.306. The van der Waals surface area contributed by atoms with E-state index in [9.17, 15) is 4.39 Å². The van der Waals surface area contributed by atoms with Gasteiger partial charge in [0.05, 0.1) is 13.7 Å². The zero-order chi connectivity index (χ0) is 13.0. The van der Waals surface area contributed by atoms with Crippen LogP contribution in [0, 0.1) is 5.82 Å². The number of hydrogen-bond donors (Lipinski definition) is 1. The number of halogens is 1. The van der Waals surface area contributed by atoms with Gasteiger partial charge in [-0.05, 0) is 42.6 Å². The summed E-state index contributed by atoms with van der Waals surface area (Å²) in [6, 6.07) is 3.55. The largest absolute Gasteiger partial charge is 0.494 e. The first-order valence-corrected chi connectivity index (χ1v) is 6.35. The molecular formula is C14H20FNO2. The summed E-state index contributed by atoms with van der Waals surface area (Å²) < 4.78 is 24.0. The van der Waals surface area contributed by atoms with E-state index >= 15 is 0 Å². The van der Waals surface area contributed by atoms with Crippen LogP contribution in [0.1, 0.15) is 36.4 Å². The number of hydrogen-bond acceptors (Lipinski definition) is 3.